The van der Waals surface area contributed by atoms with Crippen LogP contribution in [0.5, 0.6) is 6.01 Å². The lowest BCUT2D eigenvalue weighted by atomic mass is 10.1. The third-order valence-corrected chi connectivity index (χ3v) is 3.12. The molecule has 2 aromatic rings. The molecular weight excluding hydrogens is 288 g/mol. The molecule has 0 radical (unpaired) electrons. The molecule has 0 fully saturated rings. The number of rotatable bonds is 5. The van der Waals surface area contributed by atoms with Crippen molar-refractivity contribution in [3.63, 3.8) is 0 Å². The summed E-state index contributed by atoms with van der Waals surface area (Å²) in [5.41, 5.74) is 2.26. The first-order chi connectivity index (χ1) is 9.99. The van der Waals surface area contributed by atoms with Crippen molar-refractivity contribution in [3.8, 4) is 6.01 Å². The van der Waals surface area contributed by atoms with Crippen LogP contribution < -0.4 is 9.64 Å². The summed E-state index contributed by atoms with van der Waals surface area (Å²) in [5, 5.41) is 0.118. The summed E-state index contributed by atoms with van der Waals surface area (Å²) in [6, 6.07) is 8.45. The Morgan fingerprint density at radius 3 is 2.38 bits per heavy atom. The molecule has 0 N–H and O–H groups in total. The van der Waals surface area contributed by atoms with Crippen LogP contribution in [0.3, 0.4) is 0 Å². The molecule has 112 valence electrons. The van der Waals surface area contributed by atoms with Crippen LogP contribution in [-0.2, 0) is 6.42 Å². The van der Waals surface area contributed by atoms with E-state index in [4.69, 9.17) is 16.3 Å². The van der Waals surface area contributed by atoms with Gasteiger partial charge in [0.15, 0.2) is 0 Å². The van der Waals surface area contributed by atoms with E-state index in [1.807, 2.05) is 37.9 Å². The number of aromatic nitrogens is 3. The average molecular weight is 307 g/mol. The summed E-state index contributed by atoms with van der Waals surface area (Å²) < 4.78 is 5.48. The molecule has 0 atom stereocenters. The van der Waals surface area contributed by atoms with E-state index in [1.165, 1.54) is 5.56 Å². The number of hydrogen-bond acceptors (Lipinski definition) is 5. The van der Waals surface area contributed by atoms with E-state index in [1.54, 1.807) is 0 Å². The lowest BCUT2D eigenvalue weighted by molar-refractivity contribution is 0.221. The Morgan fingerprint density at radius 1 is 1.14 bits per heavy atom. The van der Waals surface area contributed by atoms with Crippen LogP contribution in [0.15, 0.2) is 24.3 Å². The second-order valence-electron chi connectivity index (χ2n) is 4.93. The molecule has 6 heteroatoms. The number of halogens is 1. The Morgan fingerprint density at radius 2 is 1.81 bits per heavy atom. The smallest absolute Gasteiger partial charge is 0.322 e. The van der Waals surface area contributed by atoms with Crippen LogP contribution in [-0.4, -0.2) is 28.1 Å². The van der Waals surface area contributed by atoms with E-state index in [0.29, 0.717) is 5.95 Å². The Bertz CT molecular complexity index is 601. The van der Waals surface area contributed by atoms with Gasteiger partial charge in [-0.2, -0.15) is 15.0 Å². The predicted molar refractivity (Wildman–Crippen MR) is 84.5 cm³/mol. The van der Waals surface area contributed by atoms with Crippen molar-refractivity contribution in [2.45, 2.75) is 33.3 Å². The lowest BCUT2D eigenvalue weighted by Gasteiger charge is -2.18. The molecule has 5 nitrogen and oxygen atoms in total. The first-order valence-corrected chi connectivity index (χ1v) is 7.28. The zero-order chi connectivity index (χ0) is 15.4. The van der Waals surface area contributed by atoms with E-state index in [0.717, 1.165) is 12.1 Å². The van der Waals surface area contributed by atoms with Crippen LogP contribution in [0.25, 0.3) is 0 Å². The highest BCUT2D eigenvalue weighted by Crippen LogP contribution is 2.23. The van der Waals surface area contributed by atoms with Gasteiger partial charge in [-0.3, -0.25) is 0 Å². The zero-order valence-electron chi connectivity index (χ0n) is 12.7. The first kappa shape index (κ1) is 15.5. The molecule has 0 saturated carbocycles. The summed E-state index contributed by atoms with van der Waals surface area (Å²) in [6.45, 7) is 5.94. The molecule has 0 aliphatic rings. The number of benzene rings is 1. The maximum atomic E-state index is 5.94. The average Bonchev–Trinajstić information content (AvgIpc) is 2.45. The van der Waals surface area contributed by atoms with Crippen LogP contribution in [0.2, 0.25) is 5.28 Å². The maximum absolute atomic E-state index is 5.94. The third-order valence-electron chi connectivity index (χ3n) is 2.95. The highest BCUT2D eigenvalue weighted by molar-refractivity contribution is 6.28. The number of anilines is 2. The zero-order valence-corrected chi connectivity index (χ0v) is 13.4. The Labute approximate surface area is 130 Å². The third kappa shape index (κ3) is 4.04. The minimum Gasteiger partial charge on any atom is -0.461 e. The van der Waals surface area contributed by atoms with Gasteiger partial charge in [0.2, 0.25) is 11.2 Å². The van der Waals surface area contributed by atoms with Gasteiger partial charge in [-0.15, -0.1) is 0 Å². The summed E-state index contributed by atoms with van der Waals surface area (Å²) in [4.78, 5) is 14.3. The van der Waals surface area contributed by atoms with Crippen LogP contribution in [0.1, 0.15) is 26.3 Å². The Balaban J connectivity index is 2.28. The Hall–Kier alpha value is -1.88. The molecule has 0 aliphatic carbocycles. The molecular formula is C15H19ClN4O. The molecule has 0 amide bonds. The fourth-order valence-electron chi connectivity index (χ4n) is 1.81. The molecule has 2 rings (SSSR count). The summed E-state index contributed by atoms with van der Waals surface area (Å²) in [5.74, 6) is 0.454. The van der Waals surface area contributed by atoms with Crippen molar-refractivity contribution >= 4 is 23.2 Å². The van der Waals surface area contributed by atoms with Gasteiger partial charge in [0.05, 0.1) is 6.10 Å². The van der Waals surface area contributed by atoms with Gasteiger partial charge < -0.3 is 9.64 Å². The minimum absolute atomic E-state index is 0.0227. The predicted octanol–water partition coefficient (Wildman–Crippen LogP) is 3.64. The highest BCUT2D eigenvalue weighted by atomic mass is 35.5. The second-order valence-corrected chi connectivity index (χ2v) is 5.27. The fourth-order valence-corrected chi connectivity index (χ4v) is 1.95. The van der Waals surface area contributed by atoms with Gasteiger partial charge >= 0.3 is 6.01 Å². The largest absolute Gasteiger partial charge is 0.461 e. The lowest BCUT2D eigenvalue weighted by Crippen LogP contribution is -2.16. The van der Waals surface area contributed by atoms with E-state index >= 15 is 0 Å². The van der Waals surface area contributed by atoms with E-state index in [2.05, 4.69) is 34.0 Å². The van der Waals surface area contributed by atoms with Gasteiger partial charge in [0.1, 0.15) is 0 Å². The molecule has 21 heavy (non-hydrogen) atoms. The van der Waals surface area contributed by atoms with Gasteiger partial charge in [0, 0.05) is 12.7 Å². The number of nitrogens with zero attached hydrogens (tertiary/aromatic N) is 4. The normalized spacial score (nSPS) is 10.8. The fraction of sp³-hybridized carbons (Fsp3) is 0.400. The molecule has 0 aliphatic heterocycles. The summed E-state index contributed by atoms with van der Waals surface area (Å²) in [6.07, 6.45) is 0.985. The Kier molecular flexibility index (Phi) is 4.96. The van der Waals surface area contributed by atoms with Crippen LogP contribution in [0.4, 0.5) is 11.6 Å². The second kappa shape index (κ2) is 6.72. The molecule has 1 aromatic carbocycles. The van der Waals surface area contributed by atoms with Crippen molar-refractivity contribution in [1.82, 2.24) is 15.0 Å². The number of aryl methyl sites for hydroxylation is 1. The van der Waals surface area contributed by atoms with Crippen molar-refractivity contribution in [3.05, 3.63) is 35.1 Å². The summed E-state index contributed by atoms with van der Waals surface area (Å²) >= 11 is 5.94. The van der Waals surface area contributed by atoms with E-state index in [9.17, 15) is 0 Å². The summed E-state index contributed by atoms with van der Waals surface area (Å²) in [7, 11) is 1.88. The van der Waals surface area contributed by atoms with Crippen molar-refractivity contribution in [1.29, 1.82) is 0 Å². The topological polar surface area (TPSA) is 51.1 Å². The van der Waals surface area contributed by atoms with Gasteiger partial charge in [-0.05, 0) is 49.6 Å². The minimum atomic E-state index is -0.0227. The molecule has 0 saturated heterocycles. The quantitative estimate of drug-likeness (QED) is 0.844. The van der Waals surface area contributed by atoms with E-state index < -0.39 is 0 Å². The molecule has 0 unspecified atom stereocenters. The maximum Gasteiger partial charge on any atom is 0.322 e. The molecule has 0 spiro atoms. The van der Waals surface area contributed by atoms with Crippen molar-refractivity contribution in [2.24, 2.45) is 0 Å². The van der Waals surface area contributed by atoms with Crippen LogP contribution >= 0.6 is 11.6 Å². The SMILES string of the molecule is CCc1ccc(N(C)c2nc(Cl)nc(OC(C)C)n2)cc1. The van der Waals surface area contributed by atoms with Crippen LogP contribution in [0, 0.1) is 0 Å². The van der Waals surface area contributed by atoms with Gasteiger partial charge in [-0.25, -0.2) is 0 Å². The van der Waals surface area contributed by atoms with Crippen molar-refractivity contribution < 1.29 is 4.74 Å². The number of hydrogen-bond donors (Lipinski definition) is 0. The molecule has 0 bridgehead atoms. The first-order valence-electron chi connectivity index (χ1n) is 6.90. The van der Waals surface area contributed by atoms with E-state index in [-0.39, 0.29) is 17.4 Å². The van der Waals surface area contributed by atoms with Crippen molar-refractivity contribution in [2.75, 3.05) is 11.9 Å². The monoisotopic (exact) mass is 306 g/mol. The number of ether oxygens (including phenoxy) is 1. The van der Waals surface area contributed by atoms with Gasteiger partial charge in [-0.1, -0.05) is 19.1 Å². The highest BCUT2D eigenvalue weighted by Gasteiger charge is 2.12. The molecule has 1 heterocycles. The standard InChI is InChI=1S/C15H19ClN4O/c1-5-11-6-8-12(9-7-11)20(4)14-17-13(16)18-15(19-14)21-10(2)3/h6-10H,5H2,1-4H3. The van der Waals surface area contributed by atoms with Gasteiger partial charge in [0.25, 0.3) is 0 Å². The molecule has 1 aromatic heterocycles.